The van der Waals surface area contributed by atoms with Crippen LogP contribution in [0.25, 0.3) is 0 Å². The number of para-hydroxylation sites is 1. The average molecular weight is 335 g/mol. The van der Waals surface area contributed by atoms with E-state index in [1.807, 2.05) is 13.8 Å². The fraction of sp³-hybridized carbons (Fsp3) is 0.357. The van der Waals surface area contributed by atoms with Crippen LogP contribution in [-0.4, -0.2) is 4.98 Å². The van der Waals surface area contributed by atoms with E-state index in [1.54, 1.807) is 6.92 Å². The van der Waals surface area contributed by atoms with Crippen LogP contribution >= 0.6 is 22.9 Å². The van der Waals surface area contributed by atoms with Gasteiger partial charge in [0.05, 0.1) is 33.0 Å². The highest BCUT2D eigenvalue weighted by Gasteiger charge is 2.34. The molecule has 0 saturated heterocycles. The first-order chi connectivity index (χ1) is 9.70. The number of anilines is 1. The minimum Gasteiger partial charge on any atom is -0.376 e. The zero-order chi connectivity index (χ0) is 15.8. The molecule has 7 heteroatoms. The fourth-order valence-corrected chi connectivity index (χ4v) is 3.30. The van der Waals surface area contributed by atoms with Crippen molar-refractivity contribution >= 4 is 28.6 Å². The molecule has 1 unspecified atom stereocenters. The summed E-state index contributed by atoms with van der Waals surface area (Å²) in [5.41, 5.74) is -0.0385. The van der Waals surface area contributed by atoms with Crippen LogP contribution in [0, 0.1) is 13.8 Å². The molecule has 2 rings (SSSR count). The molecule has 0 aliphatic carbocycles. The molecular formula is C14H14ClF3N2S. The number of aromatic nitrogens is 1. The molecule has 1 heterocycles. The van der Waals surface area contributed by atoms with Crippen molar-refractivity contribution in [2.24, 2.45) is 0 Å². The molecule has 0 aliphatic heterocycles. The molecule has 2 nitrogen and oxygen atoms in total. The largest absolute Gasteiger partial charge is 0.418 e. The molecule has 0 bridgehead atoms. The second-order valence-electron chi connectivity index (χ2n) is 4.71. The molecule has 0 saturated carbocycles. The van der Waals surface area contributed by atoms with Gasteiger partial charge in [-0.3, -0.25) is 0 Å². The molecule has 114 valence electrons. The van der Waals surface area contributed by atoms with Crippen molar-refractivity contribution in [3.63, 3.8) is 0 Å². The van der Waals surface area contributed by atoms with Gasteiger partial charge in [0, 0.05) is 4.88 Å². The third-order valence-corrected chi connectivity index (χ3v) is 4.58. The van der Waals surface area contributed by atoms with E-state index in [1.165, 1.54) is 23.5 Å². The maximum Gasteiger partial charge on any atom is 0.418 e. The zero-order valence-corrected chi connectivity index (χ0v) is 13.2. The highest BCUT2D eigenvalue weighted by molar-refractivity contribution is 7.11. The third-order valence-electron chi connectivity index (χ3n) is 3.01. The standard InChI is InChI=1S/C14H14ClF3N2S/c1-7-13(21-9(3)19-7)8(2)20-12-10(14(16,17)18)5-4-6-11(12)15/h4-6,8,20H,1-3H3. The number of nitrogens with one attached hydrogen (secondary N) is 1. The van der Waals surface area contributed by atoms with E-state index in [0.717, 1.165) is 21.6 Å². The number of halogens is 4. The van der Waals surface area contributed by atoms with Crippen molar-refractivity contribution in [3.8, 4) is 0 Å². The number of alkyl halides is 3. The fourth-order valence-electron chi connectivity index (χ4n) is 2.14. The van der Waals surface area contributed by atoms with Crippen LogP contribution in [0.3, 0.4) is 0 Å². The lowest BCUT2D eigenvalue weighted by molar-refractivity contribution is -0.137. The highest BCUT2D eigenvalue weighted by atomic mass is 35.5. The first-order valence-corrected chi connectivity index (χ1v) is 7.45. The Morgan fingerprint density at radius 2 is 1.95 bits per heavy atom. The number of hydrogen-bond acceptors (Lipinski definition) is 3. The van der Waals surface area contributed by atoms with Crippen LogP contribution < -0.4 is 5.32 Å². The van der Waals surface area contributed by atoms with Gasteiger partial charge in [-0.1, -0.05) is 17.7 Å². The highest BCUT2D eigenvalue weighted by Crippen LogP contribution is 2.40. The second kappa shape index (κ2) is 5.85. The van der Waals surface area contributed by atoms with Crippen molar-refractivity contribution in [3.05, 3.63) is 44.4 Å². The summed E-state index contributed by atoms with van der Waals surface area (Å²) in [6.07, 6.45) is -4.45. The molecule has 0 amide bonds. The van der Waals surface area contributed by atoms with Crippen molar-refractivity contribution < 1.29 is 13.2 Å². The van der Waals surface area contributed by atoms with Crippen LogP contribution in [-0.2, 0) is 6.18 Å². The molecule has 2 aromatic rings. The SMILES string of the molecule is Cc1nc(C)c(C(C)Nc2c(Cl)cccc2C(F)(F)F)s1. The number of nitrogens with zero attached hydrogens (tertiary/aromatic N) is 1. The average Bonchev–Trinajstić information content (AvgIpc) is 2.69. The monoisotopic (exact) mass is 334 g/mol. The van der Waals surface area contributed by atoms with E-state index in [-0.39, 0.29) is 16.8 Å². The van der Waals surface area contributed by atoms with Crippen LogP contribution in [0.1, 0.15) is 34.1 Å². The van der Waals surface area contributed by atoms with E-state index < -0.39 is 11.7 Å². The molecule has 0 radical (unpaired) electrons. The second-order valence-corrected chi connectivity index (χ2v) is 6.35. The molecular weight excluding hydrogens is 321 g/mol. The Labute approximate surface area is 130 Å². The Morgan fingerprint density at radius 3 is 2.48 bits per heavy atom. The smallest absolute Gasteiger partial charge is 0.376 e. The van der Waals surface area contributed by atoms with Gasteiger partial charge < -0.3 is 5.32 Å². The van der Waals surface area contributed by atoms with E-state index in [4.69, 9.17) is 11.6 Å². The normalized spacial score (nSPS) is 13.3. The summed E-state index contributed by atoms with van der Waals surface area (Å²) in [4.78, 5) is 5.19. The third kappa shape index (κ3) is 3.49. The lowest BCUT2D eigenvalue weighted by Gasteiger charge is -2.20. The van der Waals surface area contributed by atoms with Gasteiger partial charge in [-0.05, 0) is 32.9 Å². The van der Waals surface area contributed by atoms with Crippen LogP contribution in [0.15, 0.2) is 18.2 Å². The Kier molecular flexibility index (Phi) is 4.49. The van der Waals surface area contributed by atoms with E-state index in [0.29, 0.717) is 0 Å². The van der Waals surface area contributed by atoms with Gasteiger partial charge in [0.2, 0.25) is 0 Å². The number of benzene rings is 1. The van der Waals surface area contributed by atoms with Gasteiger partial charge in [-0.15, -0.1) is 11.3 Å². The Balaban J connectivity index is 2.37. The maximum atomic E-state index is 13.1. The summed E-state index contributed by atoms with van der Waals surface area (Å²) in [7, 11) is 0. The quantitative estimate of drug-likeness (QED) is 0.789. The summed E-state index contributed by atoms with van der Waals surface area (Å²) in [5, 5.41) is 3.81. The predicted octanol–water partition coefficient (Wildman–Crippen LogP) is 5.61. The van der Waals surface area contributed by atoms with Crippen LogP contribution in [0.2, 0.25) is 5.02 Å². The molecule has 0 fully saturated rings. The molecule has 21 heavy (non-hydrogen) atoms. The molecule has 1 atom stereocenters. The van der Waals surface area contributed by atoms with Crippen molar-refractivity contribution in [2.45, 2.75) is 33.0 Å². The Morgan fingerprint density at radius 1 is 1.29 bits per heavy atom. The summed E-state index contributed by atoms with van der Waals surface area (Å²) >= 11 is 7.40. The van der Waals surface area contributed by atoms with Gasteiger partial charge >= 0.3 is 6.18 Å². The van der Waals surface area contributed by atoms with Crippen LogP contribution in [0.4, 0.5) is 18.9 Å². The number of aryl methyl sites for hydroxylation is 2. The summed E-state index contributed by atoms with van der Waals surface area (Å²) in [6.45, 7) is 5.50. The van der Waals surface area contributed by atoms with Gasteiger partial charge in [0.15, 0.2) is 0 Å². The molecule has 0 aliphatic rings. The lowest BCUT2D eigenvalue weighted by atomic mass is 10.1. The summed E-state index contributed by atoms with van der Waals surface area (Å²) in [5.74, 6) is 0. The minimum absolute atomic E-state index is 0.0514. The molecule has 0 spiro atoms. The Hall–Kier alpha value is -1.27. The van der Waals surface area contributed by atoms with Crippen molar-refractivity contribution in [2.75, 3.05) is 5.32 Å². The van der Waals surface area contributed by atoms with E-state index in [2.05, 4.69) is 10.3 Å². The predicted molar refractivity (Wildman–Crippen MR) is 80.1 cm³/mol. The molecule has 1 aromatic heterocycles. The summed E-state index contributed by atoms with van der Waals surface area (Å²) in [6, 6.07) is 3.45. The van der Waals surface area contributed by atoms with Gasteiger partial charge in [-0.25, -0.2) is 4.98 Å². The molecule has 1 N–H and O–H groups in total. The van der Waals surface area contributed by atoms with E-state index >= 15 is 0 Å². The maximum absolute atomic E-state index is 13.1. The van der Waals surface area contributed by atoms with Gasteiger partial charge in [0.25, 0.3) is 0 Å². The number of hydrogen-bond donors (Lipinski definition) is 1. The van der Waals surface area contributed by atoms with Gasteiger partial charge in [0.1, 0.15) is 0 Å². The van der Waals surface area contributed by atoms with Gasteiger partial charge in [-0.2, -0.15) is 13.2 Å². The molecule has 1 aromatic carbocycles. The number of thiazole rings is 1. The number of rotatable bonds is 3. The lowest BCUT2D eigenvalue weighted by Crippen LogP contribution is -2.14. The minimum atomic E-state index is -4.45. The summed E-state index contributed by atoms with van der Waals surface area (Å²) < 4.78 is 39.2. The van der Waals surface area contributed by atoms with Crippen molar-refractivity contribution in [1.29, 1.82) is 0 Å². The van der Waals surface area contributed by atoms with Crippen molar-refractivity contribution in [1.82, 2.24) is 4.98 Å². The topological polar surface area (TPSA) is 24.9 Å². The first kappa shape index (κ1) is 16.1. The van der Waals surface area contributed by atoms with E-state index in [9.17, 15) is 13.2 Å². The zero-order valence-electron chi connectivity index (χ0n) is 11.7. The first-order valence-electron chi connectivity index (χ1n) is 6.26. The Bertz CT molecular complexity index is 652. The van der Waals surface area contributed by atoms with Crippen LogP contribution in [0.5, 0.6) is 0 Å².